The van der Waals surface area contributed by atoms with Crippen molar-refractivity contribution in [1.29, 1.82) is 0 Å². The van der Waals surface area contributed by atoms with Gasteiger partial charge in [-0.1, -0.05) is 27.5 Å². The van der Waals surface area contributed by atoms with Crippen LogP contribution in [0.15, 0.2) is 22.7 Å². The summed E-state index contributed by atoms with van der Waals surface area (Å²) in [5.41, 5.74) is 1.12. The normalized spacial score (nSPS) is 11.1. The van der Waals surface area contributed by atoms with Crippen molar-refractivity contribution in [2.45, 2.75) is 32.9 Å². The van der Waals surface area contributed by atoms with Gasteiger partial charge in [0.1, 0.15) is 0 Å². The summed E-state index contributed by atoms with van der Waals surface area (Å²) in [6.07, 6.45) is 1.33. The highest BCUT2D eigenvalue weighted by Crippen LogP contribution is 2.20. The van der Waals surface area contributed by atoms with E-state index in [1.165, 1.54) is 0 Å². The Hall–Kier alpha value is -0.0900. The first kappa shape index (κ1) is 15.0. The number of nitrogens with one attached hydrogen (secondary N) is 1. The van der Waals surface area contributed by atoms with Crippen molar-refractivity contribution in [3.63, 3.8) is 0 Å². The summed E-state index contributed by atoms with van der Waals surface area (Å²) in [5, 5.41) is 4.16. The maximum Gasteiger partial charge on any atom is 0.0518 e. The Labute approximate surface area is 117 Å². The van der Waals surface area contributed by atoms with Gasteiger partial charge in [0.15, 0.2) is 0 Å². The molecule has 0 amide bonds. The first-order valence-electron chi connectivity index (χ1n) is 5.86. The average Bonchev–Trinajstić information content (AvgIpc) is 2.27. The highest BCUT2D eigenvalue weighted by atomic mass is 79.9. The van der Waals surface area contributed by atoms with Crippen LogP contribution in [0.5, 0.6) is 0 Å². The number of hydrogen-bond donors (Lipinski definition) is 1. The van der Waals surface area contributed by atoms with Crippen molar-refractivity contribution in [2.75, 3.05) is 13.2 Å². The van der Waals surface area contributed by atoms with Crippen molar-refractivity contribution < 1.29 is 4.74 Å². The number of benzene rings is 1. The van der Waals surface area contributed by atoms with E-state index >= 15 is 0 Å². The van der Waals surface area contributed by atoms with E-state index in [9.17, 15) is 0 Å². The van der Waals surface area contributed by atoms with Crippen LogP contribution in [0.2, 0.25) is 5.02 Å². The second-order valence-electron chi connectivity index (χ2n) is 4.19. The van der Waals surface area contributed by atoms with Gasteiger partial charge in [0, 0.05) is 22.6 Å². The smallest absolute Gasteiger partial charge is 0.0518 e. The molecule has 0 aliphatic heterocycles. The molecule has 0 spiro atoms. The van der Waals surface area contributed by atoms with Crippen molar-refractivity contribution in [2.24, 2.45) is 0 Å². The van der Waals surface area contributed by atoms with E-state index < -0.39 is 0 Å². The highest BCUT2D eigenvalue weighted by Gasteiger charge is 2.00. The molecule has 17 heavy (non-hydrogen) atoms. The summed E-state index contributed by atoms with van der Waals surface area (Å²) in [7, 11) is 0. The quantitative estimate of drug-likeness (QED) is 0.767. The van der Waals surface area contributed by atoms with Crippen LogP contribution in [-0.4, -0.2) is 19.3 Å². The summed E-state index contributed by atoms with van der Waals surface area (Å²) < 4.78 is 6.52. The molecule has 0 heterocycles. The van der Waals surface area contributed by atoms with E-state index in [1.54, 1.807) is 0 Å². The summed E-state index contributed by atoms with van der Waals surface area (Å²) in [5.74, 6) is 0. The fourth-order valence-electron chi connectivity index (χ4n) is 1.42. The lowest BCUT2D eigenvalue weighted by molar-refractivity contribution is 0.0770. The van der Waals surface area contributed by atoms with Crippen LogP contribution >= 0.6 is 27.5 Å². The molecular formula is C13H19BrClNO. The average molecular weight is 321 g/mol. The fourth-order valence-corrected chi connectivity index (χ4v) is 2.01. The van der Waals surface area contributed by atoms with Crippen molar-refractivity contribution in [1.82, 2.24) is 5.32 Å². The molecule has 0 aliphatic rings. The van der Waals surface area contributed by atoms with Crippen molar-refractivity contribution in [3.05, 3.63) is 33.3 Å². The van der Waals surface area contributed by atoms with Gasteiger partial charge in [0.25, 0.3) is 0 Å². The molecule has 2 nitrogen and oxygen atoms in total. The minimum absolute atomic E-state index is 0.314. The maximum absolute atomic E-state index is 6.09. The lowest BCUT2D eigenvalue weighted by atomic mass is 10.2. The summed E-state index contributed by atoms with van der Waals surface area (Å²) in [4.78, 5) is 0. The number of halogens is 2. The summed E-state index contributed by atoms with van der Waals surface area (Å²) in [6, 6.07) is 5.90. The molecule has 4 heteroatoms. The molecule has 0 atom stereocenters. The highest BCUT2D eigenvalue weighted by molar-refractivity contribution is 9.10. The Morgan fingerprint density at radius 3 is 2.88 bits per heavy atom. The van der Waals surface area contributed by atoms with Gasteiger partial charge in [-0.25, -0.2) is 0 Å². The molecule has 0 aromatic heterocycles. The SMILES string of the molecule is CC(C)OCCCNCc1cc(Br)ccc1Cl. The monoisotopic (exact) mass is 319 g/mol. The predicted octanol–water partition coefficient (Wildman–Crippen LogP) is 4.01. The second kappa shape index (κ2) is 8.09. The molecule has 0 saturated carbocycles. The van der Waals surface area contributed by atoms with Crippen LogP contribution in [-0.2, 0) is 11.3 Å². The van der Waals surface area contributed by atoms with Crippen LogP contribution in [0.4, 0.5) is 0 Å². The molecule has 0 fully saturated rings. The number of rotatable bonds is 7. The molecular weight excluding hydrogens is 302 g/mol. The fraction of sp³-hybridized carbons (Fsp3) is 0.538. The lowest BCUT2D eigenvalue weighted by Crippen LogP contribution is -2.17. The van der Waals surface area contributed by atoms with Crippen LogP contribution in [0.3, 0.4) is 0 Å². The summed E-state index contributed by atoms with van der Waals surface area (Å²) in [6.45, 7) is 6.63. The Morgan fingerprint density at radius 2 is 2.18 bits per heavy atom. The zero-order valence-electron chi connectivity index (χ0n) is 10.3. The minimum Gasteiger partial charge on any atom is -0.379 e. The molecule has 0 aliphatic carbocycles. The van der Waals surface area contributed by atoms with E-state index in [-0.39, 0.29) is 0 Å². The van der Waals surface area contributed by atoms with Gasteiger partial charge in [-0.15, -0.1) is 0 Å². The molecule has 0 radical (unpaired) electrons. The first-order chi connectivity index (χ1) is 8.09. The molecule has 0 saturated heterocycles. The van der Waals surface area contributed by atoms with Gasteiger partial charge in [-0.2, -0.15) is 0 Å². The Kier molecular flexibility index (Phi) is 7.12. The van der Waals surface area contributed by atoms with E-state index in [1.807, 2.05) is 18.2 Å². The van der Waals surface area contributed by atoms with Gasteiger partial charge >= 0.3 is 0 Å². The van der Waals surface area contributed by atoms with Gasteiger partial charge in [-0.3, -0.25) is 0 Å². The van der Waals surface area contributed by atoms with E-state index in [0.29, 0.717) is 6.10 Å². The topological polar surface area (TPSA) is 21.3 Å². The van der Waals surface area contributed by atoms with Gasteiger partial charge in [-0.05, 0) is 50.6 Å². The number of hydrogen-bond acceptors (Lipinski definition) is 2. The van der Waals surface area contributed by atoms with Crippen LogP contribution in [0.1, 0.15) is 25.8 Å². The zero-order valence-corrected chi connectivity index (χ0v) is 12.6. The molecule has 0 bridgehead atoms. The standard InChI is InChI=1S/C13H19BrClNO/c1-10(2)17-7-3-6-16-9-11-8-12(14)4-5-13(11)15/h4-5,8,10,16H,3,6-7,9H2,1-2H3. The Balaban J connectivity index is 2.20. The van der Waals surface area contributed by atoms with Gasteiger partial charge in [0.2, 0.25) is 0 Å². The Bertz CT molecular complexity index is 344. The molecule has 0 unspecified atom stereocenters. The van der Waals surface area contributed by atoms with E-state index in [0.717, 1.165) is 41.2 Å². The van der Waals surface area contributed by atoms with Gasteiger partial charge < -0.3 is 10.1 Å². The zero-order chi connectivity index (χ0) is 12.7. The van der Waals surface area contributed by atoms with Gasteiger partial charge in [0.05, 0.1) is 6.10 Å². The van der Waals surface area contributed by atoms with E-state index in [2.05, 4.69) is 35.1 Å². The third-order valence-corrected chi connectivity index (χ3v) is 3.13. The Morgan fingerprint density at radius 1 is 1.41 bits per heavy atom. The molecule has 1 rings (SSSR count). The first-order valence-corrected chi connectivity index (χ1v) is 7.03. The van der Waals surface area contributed by atoms with Crippen molar-refractivity contribution >= 4 is 27.5 Å². The number of ether oxygens (including phenoxy) is 1. The largest absolute Gasteiger partial charge is 0.379 e. The molecule has 96 valence electrons. The summed E-state index contributed by atoms with van der Waals surface area (Å²) >= 11 is 9.53. The third-order valence-electron chi connectivity index (χ3n) is 2.27. The van der Waals surface area contributed by atoms with E-state index in [4.69, 9.17) is 16.3 Å². The van der Waals surface area contributed by atoms with Crippen LogP contribution < -0.4 is 5.32 Å². The molecule has 1 aromatic rings. The molecule has 1 N–H and O–H groups in total. The minimum atomic E-state index is 0.314. The maximum atomic E-state index is 6.09. The third kappa shape index (κ3) is 6.41. The second-order valence-corrected chi connectivity index (χ2v) is 5.51. The lowest BCUT2D eigenvalue weighted by Gasteiger charge is -2.09. The van der Waals surface area contributed by atoms with Crippen LogP contribution in [0, 0.1) is 0 Å². The molecule has 1 aromatic carbocycles. The van der Waals surface area contributed by atoms with Crippen LogP contribution in [0.25, 0.3) is 0 Å². The predicted molar refractivity (Wildman–Crippen MR) is 76.6 cm³/mol. The van der Waals surface area contributed by atoms with Crippen molar-refractivity contribution in [3.8, 4) is 0 Å².